The molecule has 0 fully saturated rings. The number of benzene rings is 1. The van der Waals surface area contributed by atoms with Crippen LogP contribution in [0, 0.1) is 0 Å². The molecule has 7 heteroatoms. The summed E-state index contributed by atoms with van der Waals surface area (Å²) in [4.78, 5) is 0.0677. The molecule has 0 radical (unpaired) electrons. The van der Waals surface area contributed by atoms with Gasteiger partial charge in [0.15, 0.2) is 0 Å². The van der Waals surface area contributed by atoms with Crippen molar-refractivity contribution >= 4 is 10.0 Å². The minimum Gasteiger partial charge on any atom is -0.495 e. The summed E-state index contributed by atoms with van der Waals surface area (Å²) in [7, 11) is -2.39. The molecule has 1 atom stereocenters. The highest BCUT2D eigenvalue weighted by Crippen LogP contribution is 2.25. The Balaban J connectivity index is 2.16. The molecular formula is C17H23NO5S. The van der Waals surface area contributed by atoms with Gasteiger partial charge in [0.2, 0.25) is 10.0 Å². The van der Waals surface area contributed by atoms with E-state index < -0.39 is 15.6 Å². The molecule has 0 spiro atoms. The van der Waals surface area contributed by atoms with Crippen LogP contribution in [0.5, 0.6) is 5.75 Å². The van der Waals surface area contributed by atoms with Gasteiger partial charge >= 0.3 is 0 Å². The van der Waals surface area contributed by atoms with Gasteiger partial charge in [0.1, 0.15) is 16.4 Å². The zero-order valence-corrected chi connectivity index (χ0v) is 14.9. The molecule has 0 bridgehead atoms. The SMILES string of the molecule is CCc1ccc(OC)c(S(=O)(=O)NCC(C)(O)Cc2ccco2)c1. The number of furan rings is 1. The molecule has 1 aromatic carbocycles. The number of sulfonamides is 1. The number of hydrogen-bond acceptors (Lipinski definition) is 5. The summed E-state index contributed by atoms with van der Waals surface area (Å²) in [6.45, 7) is 3.35. The standard InChI is InChI=1S/C17H23NO5S/c1-4-13-7-8-15(22-3)16(10-13)24(20,21)18-12-17(2,19)11-14-6-5-9-23-14/h5-10,18-19H,4,11-12H2,1-3H3. The van der Waals surface area contributed by atoms with Gasteiger partial charge in [-0.15, -0.1) is 0 Å². The van der Waals surface area contributed by atoms with Gasteiger partial charge in [0.05, 0.1) is 19.0 Å². The van der Waals surface area contributed by atoms with Crippen molar-refractivity contribution in [2.24, 2.45) is 0 Å². The average Bonchev–Trinajstić information content (AvgIpc) is 3.04. The van der Waals surface area contributed by atoms with E-state index in [0.717, 1.165) is 5.56 Å². The summed E-state index contributed by atoms with van der Waals surface area (Å²) < 4.78 is 38.0. The molecule has 2 rings (SSSR count). The van der Waals surface area contributed by atoms with Crippen LogP contribution in [0.1, 0.15) is 25.2 Å². The van der Waals surface area contributed by atoms with Gasteiger partial charge in [-0.1, -0.05) is 13.0 Å². The highest BCUT2D eigenvalue weighted by atomic mass is 32.2. The third kappa shape index (κ3) is 4.59. The lowest BCUT2D eigenvalue weighted by Gasteiger charge is -2.23. The molecule has 0 saturated carbocycles. The molecule has 0 amide bonds. The number of aliphatic hydroxyl groups is 1. The maximum atomic E-state index is 12.6. The first-order valence-corrected chi connectivity index (χ1v) is 9.17. The fourth-order valence-electron chi connectivity index (χ4n) is 2.33. The van der Waals surface area contributed by atoms with E-state index >= 15 is 0 Å². The van der Waals surface area contributed by atoms with E-state index in [4.69, 9.17) is 9.15 Å². The summed E-state index contributed by atoms with van der Waals surface area (Å²) in [5.74, 6) is 0.857. The molecule has 0 aliphatic rings. The fourth-order valence-corrected chi connectivity index (χ4v) is 3.71. The second kappa shape index (κ2) is 7.38. The number of nitrogens with one attached hydrogen (secondary N) is 1. The smallest absolute Gasteiger partial charge is 0.244 e. The normalized spacial score (nSPS) is 14.3. The predicted molar refractivity (Wildman–Crippen MR) is 90.6 cm³/mol. The summed E-state index contributed by atoms with van der Waals surface area (Å²) in [6, 6.07) is 8.50. The van der Waals surface area contributed by atoms with Crippen molar-refractivity contribution in [2.75, 3.05) is 13.7 Å². The Hall–Kier alpha value is -1.83. The van der Waals surface area contributed by atoms with Crippen molar-refractivity contribution in [3.05, 3.63) is 47.9 Å². The van der Waals surface area contributed by atoms with Gasteiger partial charge in [0.25, 0.3) is 0 Å². The third-order valence-electron chi connectivity index (χ3n) is 3.70. The van der Waals surface area contributed by atoms with E-state index in [-0.39, 0.29) is 23.6 Å². The van der Waals surface area contributed by atoms with Gasteiger partial charge in [-0.25, -0.2) is 13.1 Å². The van der Waals surface area contributed by atoms with E-state index in [1.807, 2.05) is 13.0 Å². The number of methoxy groups -OCH3 is 1. The number of rotatable bonds is 8. The zero-order chi connectivity index (χ0) is 17.8. The minimum atomic E-state index is -3.81. The molecule has 2 N–H and O–H groups in total. The largest absolute Gasteiger partial charge is 0.495 e. The van der Waals surface area contributed by atoms with Crippen molar-refractivity contribution in [1.82, 2.24) is 4.72 Å². The van der Waals surface area contributed by atoms with E-state index in [1.165, 1.54) is 13.4 Å². The predicted octanol–water partition coefficient (Wildman–Crippen LogP) is 2.12. The van der Waals surface area contributed by atoms with Crippen LogP contribution in [0.15, 0.2) is 45.9 Å². The van der Waals surface area contributed by atoms with Gasteiger partial charge < -0.3 is 14.3 Å². The fraction of sp³-hybridized carbons (Fsp3) is 0.412. The van der Waals surface area contributed by atoms with Crippen LogP contribution in [-0.2, 0) is 22.9 Å². The molecule has 0 aliphatic carbocycles. The molecule has 0 aliphatic heterocycles. The lowest BCUT2D eigenvalue weighted by Crippen LogP contribution is -2.42. The molecule has 132 valence electrons. The number of ether oxygens (including phenoxy) is 1. The first-order chi connectivity index (χ1) is 11.3. The second-order valence-electron chi connectivity index (χ2n) is 5.92. The van der Waals surface area contributed by atoms with E-state index in [0.29, 0.717) is 12.2 Å². The first-order valence-electron chi connectivity index (χ1n) is 7.69. The maximum Gasteiger partial charge on any atom is 0.244 e. The number of aryl methyl sites for hydroxylation is 1. The van der Waals surface area contributed by atoms with Crippen LogP contribution in [-0.4, -0.2) is 32.8 Å². The first kappa shape index (κ1) is 18.5. The second-order valence-corrected chi connectivity index (χ2v) is 7.65. The molecule has 24 heavy (non-hydrogen) atoms. The Morgan fingerprint density at radius 1 is 1.33 bits per heavy atom. The Bertz CT molecular complexity index is 766. The lowest BCUT2D eigenvalue weighted by atomic mass is 10.0. The quantitative estimate of drug-likeness (QED) is 0.759. The monoisotopic (exact) mass is 353 g/mol. The topological polar surface area (TPSA) is 88.8 Å². The average molecular weight is 353 g/mol. The zero-order valence-electron chi connectivity index (χ0n) is 14.1. The van der Waals surface area contributed by atoms with Crippen LogP contribution in [0.25, 0.3) is 0 Å². The Labute approximate surface area is 142 Å². The molecule has 0 saturated heterocycles. The summed E-state index contributed by atoms with van der Waals surface area (Å²) in [5.41, 5.74) is -0.390. The summed E-state index contributed by atoms with van der Waals surface area (Å²) >= 11 is 0. The van der Waals surface area contributed by atoms with Crippen molar-refractivity contribution < 1.29 is 22.7 Å². The Morgan fingerprint density at radius 2 is 2.08 bits per heavy atom. The highest BCUT2D eigenvalue weighted by Gasteiger charge is 2.27. The van der Waals surface area contributed by atoms with Crippen LogP contribution in [0.4, 0.5) is 0 Å². The third-order valence-corrected chi connectivity index (χ3v) is 5.13. The highest BCUT2D eigenvalue weighted by molar-refractivity contribution is 7.89. The summed E-state index contributed by atoms with van der Waals surface area (Å²) in [6.07, 6.45) is 2.42. The van der Waals surface area contributed by atoms with Crippen LogP contribution in [0.3, 0.4) is 0 Å². The lowest BCUT2D eigenvalue weighted by molar-refractivity contribution is 0.0603. The van der Waals surface area contributed by atoms with Crippen molar-refractivity contribution in [3.63, 3.8) is 0 Å². The van der Waals surface area contributed by atoms with E-state index in [9.17, 15) is 13.5 Å². The van der Waals surface area contributed by atoms with Crippen molar-refractivity contribution in [1.29, 1.82) is 0 Å². The summed E-state index contributed by atoms with van der Waals surface area (Å²) in [5, 5.41) is 10.4. The Morgan fingerprint density at radius 3 is 2.67 bits per heavy atom. The molecule has 2 aromatic rings. The molecule has 1 heterocycles. The van der Waals surface area contributed by atoms with Crippen LogP contribution >= 0.6 is 0 Å². The van der Waals surface area contributed by atoms with E-state index in [1.54, 1.807) is 31.2 Å². The molecular weight excluding hydrogens is 330 g/mol. The molecule has 6 nitrogen and oxygen atoms in total. The molecule has 1 aromatic heterocycles. The minimum absolute atomic E-state index is 0.0677. The van der Waals surface area contributed by atoms with Gasteiger partial charge in [-0.3, -0.25) is 0 Å². The van der Waals surface area contributed by atoms with Gasteiger partial charge in [0, 0.05) is 13.0 Å². The number of hydrogen-bond donors (Lipinski definition) is 2. The Kier molecular flexibility index (Phi) is 5.69. The van der Waals surface area contributed by atoms with Crippen LogP contribution in [0.2, 0.25) is 0 Å². The molecule has 1 unspecified atom stereocenters. The van der Waals surface area contributed by atoms with Crippen molar-refractivity contribution in [3.8, 4) is 5.75 Å². The van der Waals surface area contributed by atoms with Crippen LogP contribution < -0.4 is 9.46 Å². The van der Waals surface area contributed by atoms with Gasteiger partial charge in [-0.05, 0) is 43.2 Å². The van der Waals surface area contributed by atoms with E-state index in [2.05, 4.69) is 4.72 Å². The van der Waals surface area contributed by atoms with Gasteiger partial charge in [-0.2, -0.15) is 0 Å². The maximum absolute atomic E-state index is 12.6. The van der Waals surface area contributed by atoms with Crippen molar-refractivity contribution in [2.45, 2.75) is 37.2 Å².